The average molecular weight is 181 g/mol. The number of rotatable bonds is 2. The second-order valence-corrected chi connectivity index (χ2v) is 4.52. The first-order valence-electron chi connectivity index (χ1n) is 4.64. The van der Waals surface area contributed by atoms with Crippen LogP contribution in [-0.2, 0) is 0 Å². The topological polar surface area (TPSA) is 41.6 Å². The van der Waals surface area contributed by atoms with Crippen LogP contribution in [0.25, 0.3) is 0 Å². The van der Waals surface area contributed by atoms with E-state index in [9.17, 15) is 0 Å². The quantitative estimate of drug-likeness (QED) is 0.651. The monoisotopic (exact) mass is 181 g/mol. The fourth-order valence-electron chi connectivity index (χ4n) is 1.63. The highest BCUT2D eigenvalue weighted by Gasteiger charge is 2.34. The first-order valence-corrected chi connectivity index (χ1v) is 4.64. The molecule has 0 aliphatic carbocycles. The average Bonchev–Trinajstić information content (AvgIpc) is 2.32. The molecule has 3 nitrogen and oxygen atoms in total. The van der Waals surface area contributed by atoms with Gasteiger partial charge in [-0.05, 0) is 5.41 Å². The maximum Gasteiger partial charge on any atom is 0.191 e. The van der Waals surface area contributed by atoms with E-state index in [1.165, 1.54) is 0 Å². The van der Waals surface area contributed by atoms with Crippen molar-refractivity contribution < 1.29 is 0 Å². The molecule has 3 heteroatoms. The van der Waals surface area contributed by atoms with Gasteiger partial charge in [-0.3, -0.25) is 4.99 Å². The summed E-state index contributed by atoms with van der Waals surface area (Å²) in [7, 11) is 0. The van der Waals surface area contributed by atoms with Gasteiger partial charge in [0.25, 0.3) is 0 Å². The lowest BCUT2D eigenvalue weighted by Gasteiger charge is -2.35. The fourth-order valence-corrected chi connectivity index (χ4v) is 1.63. The molecule has 1 atom stereocenters. The van der Waals surface area contributed by atoms with Crippen molar-refractivity contribution in [1.29, 1.82) is 0 Å². The van der Waals surface area contributed by atoms with E-state index in [1.807, 2.05) is 6.08 Å². The van der Waals surface area contributed by atoms with E-state index >= 15 is 0 Å². The van der Waals surface area contributed by atoms with E-state index in [1.54, 1.807) is 0 Å². The van der Waals surface area contributed by atoms with Gasteiger partial charge in [-0.1, -0.05) is 26.8 Å². The molecule has 0 fully saturated rings. The Kier molecular flexibility index (Phi) is 2.64. The minimum Gasteiger partial charge on any atom is -0.370 e. The summed E-state index contributed by atoms with van der Waals surface area (Å²) in [6.07, 6.45) is 1.87. The van der Waals surface area contributed by atoms with E-state index in [-0.39, 0.29) is 5.41 Å². The maximum absolute atomic E-state index is 5.78. The van der Waals surface area contributed by atoms with Crippen molar-refractivity contribution in [2.24, 2.45) is 16.1 Å². The number of hydrogen-bond acceptors (Lipinski definition) is 3. The lowest BCUT2D eigenvalue weighted by atomic mass is 9.86. The van der Waals surface area contributed by atoms with Gasteiger partial charge in [0.05, 0.1) is 12.6 Å². The van der Waals surface area contributed by atoms with Crippen molar-refractivity contribution in [2.75, 3.05) is 13.1 Å². The molecule has 0 spiro atoms. The van der Waals surface area contributed by atoms with Crippen LogP contribution < -0.4 is 5.73 Å². The zero-order valence-electron chi connectivity index (χ0n) is 8.75. The molecule has 1 aliphatic heterocycles. The molecule has 0 saturated heterocycles. The van der Waals surface area contributed by atoms with Crippen molar-refractivity contribution in [2.45, 2.75) is 26.8 Å². The van der Waals surface area contributed by atoms with E-state index in [0.29, 0.717) is 12.0 Å². The molecule has 0 saturated carbocycles. The molecule has 0 aromatic rings. The van der Waals surface area contributed by atoms with E-state index in [2.05, 4.69) is 37.2 Å². The van der Waals surface area contributed by atoms with Crippen molar-refractivity contribution in [3.05, 3.63) is 12.7 Å². The van der Waals surface area contributed by atoms with Crippen molar-refractivity contribution in [3.63, 3.8) is 0 Å². The van der Waals surface area contributed by atoms with Gasteiger partial charge in [0.15, 0.2) is 5.96 Å². The molecule has 1 unspecified atom stereocenters. The highest BCUT2D eigenvalue weighted by atomic mass is 15.3. The fraction of sp³-hybridized carbons (Fsp3) is 0.700. The van der Waals surface area contributed by atoms with Crippen LogP contribution in [0.15, 0.2) is 17.6 Å². The summed E-state index contributed by atoms with van der Waals surface area (Å²) in [6, 6.07) is 0.408. The summed E-state index contributed by atoms with van der Waals surface area (Å²) < 4.78 is 0. The smallest absolute Gasteiger partial charge is 0.191 e. The summed E-state index contributed by atoms with van der Waals surface area (Å²) in [5, 5.41) is 0. The summed E-state index contributed by atoms with van der Waals surface area (Å²) in [5.41, 5.74) is 6.00. The molecule has 0 radical (unpaired) electrons. The summed E-state index contributed by atoms with van der Waals surface area (Å²) in [4.78, 5) is 6.37. The third-order valence-electron chi connectivity index (χ3n) is 2.42. The minimum atomic E-state index is 0.216. The largest absolute Gasteiger partial charge is 0.370 e. The molecule has 1 heterocycles. The lowest BCUT2D eigenvalue weighted by molar-refractivity contribution is 0.200. The maximum atomic E-state index is 5.78. The first kappa shape index (κ1) is 10.1. The van der Waals surface area contributed by atoms with Gasteiger partial charge in [-0.15, -0.1) is 6.58 Å². The SMILES string of the molecule is C=CCN1C(N)=NCC1C(C)(C)C. The predicted octanol–water partition coefficient (Wildman–Crippen LogP) is 1.22. The van der Waals surface area contributed by atoms with Crippen molar-refractivity contribution >= 4 is 5.96 Å². The molecule has 0 bridgehead atoms. The molecule has 0 amide bonds. The Balaban J connectivity index is 2.74. The van der Waals surface area contributed by atoms with E-state index < -0.39 is 0 Å². The molecule has 74 valence electrons. The molecule has 2 N–H and O–H groups in total. The Labute approximate surface area is 80.3 Å². The summed E-state index contributed by atoms with van der Waals surface area (Å²) in [6.45, 7) is 12.0. The molecular formula is C10H19N3. The molecule has 13 heavy (non-hydrogen) atoms. The van der Waals surface area contributed by atoms with Crippen molar-refractivity contribution in [1.82, 2.24) is 4.90 Å². The molecule has 1 aliphatic rings. The van der Waals surface area contributed by atoms with Crippen LogP contribution in [0.3, 0.4) is 0 Å². The molecular weight excluding hydrogens is 162 g/mol. The number of aliphatic imine (C=N–C) groups is 1. The van der Waals surface area contributed by atoms with Gasteiger partial charge in [0.1, 0.15) is 0 Å². The Hall–Kier alpha value is -0.990. The zero-order valence-corrected chi connectivity index (χ0v) is 8.75. The normalized spacial score (nSPS) is 23.2. The van der Waals surface area contributed by atoms with Gasteiger partial charge in [0.2, 0.25) is 0 Å². The van der Waals surface area contributed by atoms with Gasteiger partial charge >= 0.3 is 0 Å². The number of nitrogens with two attached hydrogens (primary N) is 1. The number of nitrogens with zero attached hydrogens (tertiary/aromatic N) is 2. The highest BCUT2D eigenvalue weighted by Crippen LogP contribution is 2.27. The van der Waals surface area contributed by atoms with Gasteiger partial charge in [-0.2, -0.15) is 0 Å². The molecule has 0 aromatic carbocycles. The van der Waals surface area contributed by atoms with Crippen LogP contribution in [-0.4, -0.2) is 30.0 Å². The Morgan fingerprint density at radius 2 is 2.31 bits per heavy atom. The van der Waals surface area contributed by atoms with Crippen LogP contribution in [0, 0.1) is 5.41 Å². The molecule has 1 rings (SSSR count). The van der Waals surface area contributed by atoms with Gasteiger partial charge in [0, 0.05) is 6.54 Å². The lowest BCUT2D eigenvalue weighted by Crippen LogP contribution is -2.47. The predicted molar refractivity (Wildman–Crippen MR) is 56.6 cm³/mol. The van der Waals surface area contributed by atoms with Crippen LogP contribution in [0.4, 0.5) is 0 Å². The molecule has 0 aromatic heterocycles. The Morgan fingerprint density at radius 3 is 2.77 bits per heavy atom. The number of guanidine groups is 1. The second-order valence-electron chi connectivity index (χ2n) is 4.52. The van der Waals surface area contributed by atoms with Crippen LogP contribution in [0.1, 0.15) is 20.8 Å². The summed E-state index contributed by atoms with van der Waals surface area (Å²) in [5.74, 6) is 0.653. The Morgan fingerprint density at radius 1 is 1.69 bits per heavy atom. The highest BCUT2D eigenvalue weighted by molar-refractivity contribution is 5.80. The van der Waals surface area contributed by atoms with Gasteiger partial charge < -0.3 is 10.6 Å². The van der Waals surface area contributed by atoms with E-state index in [4.69, 9.17) is 5.73 Å². The number of hydrogen-bond donors (Lipinski definition) is 1. The van der Waals surface area contributed by atoms with E-state index in [0.717, 1.165) is 13.1 Å². The van der Waals surface area contributed by atoms with Crippen molar-refractivity contribution in [3.8, 4) is 0 Å². The third kappa shape index (κ3) is 2.02. The van der Waals surface area contributed by atoms with Crippen LogP contribution in [0.5, 0.6) is 0 Å². The van der Waals surface area contributed by atoms with Crippen LogP contribution >= 0.6 is 0 Å². The third-order valence-corrected chi connectivity index (χ3v) is 2.42. The van der Waals surface area contributed by atoms with Gasteiger partial charge in [-0.25, -0.2) is 0 Å². The Bertz CT molecular complexity index is 225. The zero-order chi connectivity index (χ0) is 10.1. The first-order chi connectivity index (χ1) is 5.96. The minimum absolute atomic E-state index is 0.216. The van der Waals surface area contributed by atoms with Crippen LogP contribution in [0.2, 0.25) is 0 Å². The standard InChI is InChI=1S/C10H19N3/c1-5-6-13-8(10(2,3)4)7-12-9(13)11/h5,8H,1,6-7H2,2-4H3,(H2,11,12). The second kappa shape index (κ2) is 3.40. The summed E-state index contributed by atoms with van der Waals surface area (Å²) >= 11 is 0.